The van der Waals surface area contributed by atoms with Gasteiger partial charge in [0.15, 0.2) is 0 Å². The molecule has 0 saturated heterocycles. The highest BCUT2D eigenvalue weighted by molar-refractivity contribution is 14.1. The van der Waals surface area contributed by atoms with Crippen LogP contribution in [0.1, 0.15) is 63.8 Å². The standard InChI is InChI=1S/C18H19N.C14H16O2.C6H5I/c1-18(2,3)15-9-10-17-14(13-15)11-12-19(17)16-7-5-4-6-8-16;1-14(2,3)12-5-4-9-6-11(13(15)16)7-10(9)8-12;7-6-4-2-1-3-5-6/h4-13H,1-3H3;4-5,7-8H,6H2,1-3H3,(H,15,16);1-5H. The van der Waals surface area contributed by atoms with E-state index in [2.05, 4.69) is 148 Å². The van der Waals surface area contributed by atoms with Crippen LogP contribution in [0, 0.1) is 3.57 Å². The van der Waals surface area contributed by atoms with E-state index in [9.17, 15) is 4.79 Å². The highest BCUT2D eigenvalue weighted by Crippen LogP contribution is 2.31. The van der Waals surface area contributed by atoms with Crippen molar-refractivity contribution in [3.8, 4) is 5.69 Å². The number of para-hydroxylation sites is 1. The van der Waals surface area contributed by atoms with Gasteiger partial charge in [-0.25, -0.2) is 4.79 Å². The summed E-state index contributed by atoms with van der Waals surface area (Å²) < 4.78 is 3.53. The number of hydrogen-bond donors (Lipinski definition) is 1. The highest BCUT2D eigenvalue weighted by Gasteiger charge is 2.21. The number of halogens is 1. The van der Waals surface area contributed by atoms with E-state index in [1.165, 1.54) is 31.3 Å². The maximum Gasteiger partial charge on any atom is 0.331 e. The Morgan fingerprint density at radius 1 is 0.738 bits per heavy atom. The van der Waals surface area contributed by atoms with Crippen molar-refractivity contribution < 1.29 is 9.90 Å². The summed E-state index contributed by atoms with van der Waals surface area (Å²) in [4.78, 5) is 10.9. The number of nitrogens with zero attached hydrogens (tertiary/aromatic N) is 1. The first-order valence-electron chi connectivity index (χ1n) is 14.3. The van der Waals surface area contributed by atoms with Gasteiger partial charge in [-0.1, -0.05) is 102 Å². The first-order valence-corrected chi connectivity index (χ1v) is 15.4. The molecule has 0 saturated carbocycles. The summed E-state index contributed by atoms with van der Waals surface area (Å²) in [7, 11) is 0. The summed E-state index contributed by atoms with van der Waals surface area (Å²) in [5, 5.41) is 10.2. The molecule has 216 valence electrons. The molecule has 0 fully saturated rings. The molecule has 0 radical (unpaired) electrons. The largest absolute Gasteiger partial charge is 0.478 e. The van der Waals surface area contributed by atoms with E-state index in [4.69, 9.17) is 5.11 Å². The van der Waals surface area contributed by atoms with E-state index < -0.39 is 5.97 Å². The minimum Gasteiger partial charge on any atom is -0.478 e. The zero-order chi connectivity index (χ0) is 30.5. The van der Waals surface area contributed by atoms with Crippen molar-refractivity contribution in [3.63, 3.8) is 0 Å². The van der Waals surface area contributed by atoms with Crippen molar-refractivity contribution in [1.82, 2.24) is 4.57 Å². The number of fused-ring (bicyclic) bond motifs is 2. The van der Waals surface area contributed by atoms with Crippen LogP contribution >= 0.6 is 22.6 Å². The smallest absolute Gasteiger partial charge is 0.331 e. The van der Waals surface area contributed by atoms with Crippen LogP contribution in [-0.2, 0) is 22.0 Å². The van der Waals surface area contributed by atoms with Gasteiger partial charge >= 0.3 is 5.97 Å². The lowest BCUT2D eigenvalue weighted by Crippen LogP contribution is -2.11. The minimum absolute atomic E-state index is 0.106. The van der Waals surface area contributed by atoms with Gasteiger partial charge in [0.25, 0.3) is 0 Å². The number of benzene rings is 4. The Balaban J connectivity index is 0.000000159. The van der Waals surface area contributed by atoms with Gasteiger partial charge in [-0.15, -0.1) is 0 Å². The maximum atomic E-state index is 10.9. The van der Waals surface area contributed by atoms with Crippen molar-refractivity contribution in [1.29, 1.82) is 0 Å². The van der Waals surface area contributed by atoms with Crippen LogP contribution in [0.2, 0.25) is 0 Å². The molecule has 42 heavy (non-hydrogen) atoms. The predicted molar refractivity (Wildman–Crippen MR) is 186 cm³/mol. The zero-order valence-electron chi connectivity index (χ0n) is 25.4. The number of carboxylic acids is 1. The van der Waals surface area contributed by atoms with Crippen LogP contribution in [0.4, 0.5) is 0 Å². The highest BCUT2D eigenvalue weighted by atomic mass is 127. The Labute approximate surface area is 264 Å². The van der Waals surface area contributed by atoms with E-state index in [1.54, 1.807) is 6.08 Å². The van der Waals surface area contributed by atoms with E-state index >= 15 is 0 Å². The van der Waals surface area contributed by atoms with E-state index in [0.717, 1.165) is 11.1 Å². The molecule has 1 aromatic heterocycles. The van der Waals surface area contributed by atoms with Gasteiger partial charge in [0, 0.05) is 32.8 Å². The number of aliphatic carboxylic acids is 1. The maximum absolute atomic E-state index is 10.9. The third kappa shape index (κ3) is 8.01. The fraction of sp³-hybridized carbons (Fsp3) is 0.237. The second-order valence-corrected chi connectivity index (χ2v) is 13.9. The zero-order valence-corrected chi connectivity index (χ0v) is 27.5. The lowest BCUT2D eigenvalue weighted by atomic mass is 9.85. The van der Waals surface area contributed by atoms with Crippen LogP contribution in [0.3, 0.4) is 0 Å². The van der Waals surface area contributed by atoms with Gasteiger partial charge in [0.2, 0.25) is 0 Å². The summed E-state index contributed by atoms with van der Waals surface area (Å²) in [5.41, 5.74) is 8.06. The molecule has 0 aliphatic heterocycles. The Morgan fingerprint density at radius 2 is 1.31 bits per heavy atom. The van der Waals surface area contributed by atoms with Gasteiger partial charge in [-0.3, -0.25) is 0 Å². The number of aromatic nitrogens is 1. The Bertz CT molecular complexity index is 1680. The van der Waals surface area contributed by atoms with E-state index in [1.807, 2.05) is 30.3 Å². The lowest BCUT2D eigenvalue weighted by molar-refractivity contribution is -0.132. The first-order chi connectivity index (χ1) is 19.8. The normalized spacial score (nSPS) is 12.4. The molecular weight excluding hydrogens is 629 g/mol. The van der Waals surface area contributed by atoms with Gasteiger partial charge in [-0.05, 0) is 104 Å². The Hall–Kier alpha value is -3.64. The fourth-order valence-electron chi connectivity index (χ4n) is 4.78. The predicted octanol–water partition coefficient (Wildman–Crippen LogP) is 10.2. The third-order valence-corrected chi connectivity index (χ3v) is 8.04. The molecule has 0 atom stereocenters. The molecule has 5 aromatic rings. The summed E-state index contributed by atoms with van der Waals surface area (Å²) in [5.74, 6) is -0.812. The topological polar surface area (TPSA) is 42.2 Å². The van der Waals surface area contributed by atoms with Crippen molar-refractivity contribution in [2.75, 3.05) is 0 Å². The van der Waals surface area contributed by atoms with Crippen LogP contribution in [0.5, 0.6) is 0 Å². The fourth-order valence-corrected chi connectivity index (χ4v) is 5.19. The van der Waals surface area contributed by atoms with Crippen molar-refractivity contribution in [2.24, 2.45) is 0 Å². The van der Waals surface area contributed by atoms with Crippen molar-refractivity contribution in [3.05, 3.63) is 141 Å². The molecule has 1 heterocycles. The molecule has 1 aliphatic carbocycles. The minimum atomic E-state index is -0.812. The molecule has 6 rings (SSSR count). The number of rotatable bonds is 2. The van der Waals surface area contributed by atoms with E-state index in [-0.39, 0.29) is 10.8 Å². The number of hydrogen-bond acceptors (Lipinski definition) is 1. The number of carboxylic acid groups (broad SMARTS) is 1. The van der Waals surface area contributed by atoms with E-state index in [0.29, 0.717) is 12.0 Å². The average Bonchev–Trinajstić information content (AvgIpc) is 3.58. The van der Waals surface area contributed by atoms with Crippen LogP contribution < -0.4 is 0 Å². The lowest BCUT2D eigenvalue weighted by Gasteiger charge is -2.19. The Morgan fingerprint density at radius 3 is 1.86 bits per heavy atom. The molecule has 4 heteroatoms. The number of carbonyl (C=O) groups is 1. The van der Waals surface area contributed by atoms with Crippen molar-refractivity contribution in [2.45, 2.75) is 58.8 Å². The molecule has 0 unspecified atom stereocenters. The second-order valence-electron chi connectivity index (χ2n) is 12.7. The Kier molecular flexibility index (Phi) is 9.78. The molecule has 1 N–H and O–H groups in total. The molecule has 3 nitrogen and oxygen atoms in total. The van der Waals surface area contributed by atoms with Crippen LogP contribution in [-0.4, -0.2) is 15.6 Å². The summed E-state index contributed by atoms with van der Waals surface area (Å²) >= 11 is 2.28. The van der Waals surface area contributed by atoms with Crippen LogP contribution in [0.25, 0.3) is 22.7 Å². The molecule has 0 amide bonds. The summed E-state index contributed by atoms with van der Waals surface area (Å²) in [6.45, 7) is 13.2. The molecule has 1 aliphatic rings. The van der Waals surface area contributed by atoms with Gasteiger partial charge < -0.3 is 9.67 Å². The first kappa shape index (κ1) is 31.3. The quantitative estimate of drug-likeness (QED) is 0.190. The molecular formula is C38H40INO2. The molecule has 0 bridgehead atoms. The second kappa shape index (κ2) is 13.1. The molecule has 4 aromatic carbocycles. The summed E-state index contributed by atoms with van der Waals surface area (Å²) in [6, 6.07) is 35.9. The van der Waals surface area contributed by atoms with Crippen LogP contribution in [0.15, 0.2) is 115 Å². The van der Waals surface area contributed by atoms with Gasteiger partial charge in [0.05, 0.1) is 5.52 Å². The SMILES string of the molecule is CC(C)(C)c1ccc2c(c1)C=C(C(=O)O)C2.CC(C)(C)c1ccc2c(ccn2-c2ccccc2)c1.Ic1ccccc1. The van der Waals surface area contributed by atoms with Gasteiger partial charge in [0.1, 0.15) is 0 Å². The summed E-state index contributed by atoms with van der Waals surface area (Å²) in [6.07, 6.45) is 4.48. The monoisotopic (exact) mass is 669 g/mol. The van der Waals surface area contributed by atoms with Crippen molar-refractivity contribution >= 4 is 45.5 Å². The third-order valence-electron chi connectivity index (χ3n) is 7.32. The average molecular weight is 670 g/mol. The molecule has 0 spiro atoms. The van der Waals surface area contributed by atoms with Gasteiger partial charge in [-0.2, -0.15) is 0 Å².